The third kappa shape index (κ3) is 2.63. The molecule has 1 aromatic carbocycles. The van der Waals surface area contributed by atoms with Crippen molar-refractivity contribution in [1.29, 1.82) is 0 Å². The van der Waals surface area contributed by atoms with Gasteiger partial charge in [0.25, 0.3) is 6.40 Å². The average molecular weight is 224 g/mol. The van der Waals surface area contributed by atoms with Gasteiger partial charge in [0, 0.05) is 24.3 Å². The minimum absolute atomic E-state index is 0.186. The van der Waals surface area contributed by atoms with Crippen LogP contribution in [0.2, 0.25) is 5.02 Å². The van der Waals surface area contributed by atoms with E-state index in [0.717, 1.165) is 17.3 Å². The maximum Gasteiger partial charge on any atom is 0.273 e. The Balaban J connectivity index is 1.97. The van der Waals surface area contributed by atoms with E-state index in [-0.39, 0.29) is 6.04 Å². The fourth-order valence-electron chi connectivity index (χ4n) is 1.49. The van der Waals surface area contributed by atoms with Crippen molar-refractivity contribution in [1.82, 2.24) is 0 Å². The smallest absolute Gasteiger partial charge is 0.273 e. The number of benzene rings is 1. The quantitative estimate of drug-likeness (QED) is 0.784. The van der Waals surface area contributed by atoms with Gasteiger partial charge in [-0.1, -0.05) is 11.6 Å². The number of hydrogen-bond donors (Lipinski definition) is 0. The van der Waals surface area contributed by atoms with Crippen molar-refractivity contribution in [2.45, 2.75) is 6.04 Å². The highest BCUT2D eigenvalue weighted by molar-refractivity contribution is 6.30. The molecule has 0 amide bonds. The largest absolute Gasteiger partial charge is 0.472 e. The van der Waals surface area contributed by atoms with Gasteiger partial charge in [-0.2, -0.15) is 0 Å². The molecule has 4 heteroatoms. The van der Waals surface area contributed by atoms with Crippen LogP contribution < -0.4 is 4.90 Å². The van der Waals surface area contributed by atoms with Crippen LogP contribution in [0.15, 0.2) is 29.3 Å². The number of hydrogen-bond acceptors (Lipinski definition) is 3. The molecule has 0 aromatic heterocycles. The highest BCUT2D eigenvalue weighted by Gasteiger charge is 2.15. The van der Waals surface area contributed by atoms with Crippen LogP contribution in [0.1, 0.15) is 0 Å². The Morgan fingerprint density at radius 3 is 2.87 bits per heavy atom. The predicted octanol–water partition coefficient (Wildman–Crippen LogP) is 2.08. The van der Waals surface area contributed by atoms with Crippen molar-refractivity contribution < 1.29 is 4.74 Å². The zero-order chi connectivity index (χ0) is 10.7. The summed E-state index contributed by atoms with van der Waals surface area (Å²) in [7, 11) is 2.02. The van der Waals surface area contributed by atoms with Crippen molar-refractivity contribution in [3.05, 3.63) is 29.3 Å². The van der Waals surface area contributed by atoms with Crippen LogP contribution in [0, 0.1) is 0 Å². The summed E-state index contributed by atoms with van der Waals surface area (Å²) in [5.41, 5.74) is 1.13. The van der Waals surface area contributed by atoms with E-state index < -0.39 is 0 Å². The standard InChI is InChI=1S/C11H12ClN2O/c1-14(6-10-7-15-8-13-10)11-4-2-9(12)3-5-11/h2-5,10H,6-7H2,1H3. The molecule has 1 atom stereocenters. The zero-order valence-corrected chi connectivity index (χ0v) is 9.24. The van der Waals surface area contributed by atoms with Crippen LogP contribution in [0.5, 0.6) is 0 Å². The van der Waals surface area contributed by atoms with Crippen LogP contribution in [0.3, 0.4) is 0 Å². The second-order valence-electron chi connectivity index (χ2n) is 3.54. The molecule has 1 aliphatic rings. The van der Waals surface area contributed by atoms with Crippen molar-refractivity contribution >= 4 is 23.7 Å². The third-order valence-corrected chi connectivity index (χ3v) is 2.58. The van der Waals surface area contributed by atoms with Crippen LogP contribution in [0.25, 0.3) is 0 Å². The Bertz CT molecular complexity index is 350. The molecule has 3 nitrogen and oxygen atoms in total. The maximum atomic E-state index is 5.82. The predicted molar refractivity (Wildman–Crippen MR) is 61.9 cm³/mol. The molecule has 1 radical (unpaired) electrons. The lowest BCUT2D eigenvalue weighted by Crippen LogP contribution is -2.28. The second kappa shape index (κ2) is 4.53. The highest BCUT2D eigenvalue weighted by atomic mass is 35.5. The summed E-state index contributed by atoms with van der Waals surface area (Å²) >= 11 is 5.82. The number of ether oxygens (including phenoxy) is 1. The van der Waals surface area contributed by atoms with E-state index in [1.54, 1.807) is 0 Å². The Kier molecular flexibility index (Phi) is 3.11. The second-order valence-corrected chi connectivity index (χ2v) is 3.98. The fourth-order valence-corrected chi connectivity index (χ4v) is 1.62. The first-order valence-electron chi connectivity index (χ1n) is 4.79. The van der Waals surface area contributed by atoms with Gasteiger partial charge in [0.1, 0.15) is 12.6 Å². The molecular weight excluding hydrogens is 212 g/mol. The molecule has 0 N–H and O–H groups in total. The molecule has 0 bridgehead atoms. The molecule has 15 heavy (non-hydrogen) atoms. The van der Waals surface area contributed by atoms with E-state index >= 15 is 0 Å². The molecule has 0 aliphatic carbocycles. The molecule has 0 saturated carbocycles. The van der Waals surface area contributed by atoms with Crippen LogP contribution in [-0.4, -0.2) is 32.6 Å². The lowest BCUT2D eigenvalue weighted by Gasteiger charge is -2.21. The molecule has 0 spiro atoms. The number of likely N-dealkylation sites (N-methyl/N-ethyl adjacent to an activating group) is 1. The lowest BCUT2D eigenvalue weighted by atomic mass is 10.2. The van der Waals surface area contributed by atoms with Gasteiger partial charge in [-0.25, -0.2) is 4.99 Å². The van der Waals surface area contributed by atoms with E-state index in [9.17, 15) is 0 Å². The van der Waals surface area contributed by atoms with Crippen molar-refractivity contribution in [2.24, 2.45) is 4.99 Å². The van der Waals surface area contributed by atoms with Gasteiger partial charge in [-0.3, -0.25) is 0 Å². The first-order valence-corrected chi connectivity index (χ1v) is 5.17. The van der Waals surface area contributed by atoms with Crippen LogP contribution >= 0.6 is 11.6 Å². The lowest BCUT2D eigenvalue weighted by molar-refractivity contribution is 0.329. The summed E-state index contributed by atoms with van der Waals surface area (Å²) in [5, 5.41) is 0.753. The monoisotopic (exact) mass is 223 g/mol. The minimum atomic E-state index is 0.186. The average Bonchev–Trinajstić information content (AvgIpc) is 2.71. The van der Waals surface area contributed by atoms with Gasteiger partial charge in [-0.05, 0) is 24.3 Å². The molecule has 0 saturated heterocycles. The van der Waals surface area contributed by atoms with E-state index in [0.29, 0.717) is 6.61 Å². The van der Waals surface area contributed by atoms with E-state index in [1.807, 2.05) is 31.3 Å². The Hall–Kier alpha value is -1.22. The molecule has 2 rings (SSSR count). The summed E-state index contributed by atoms with van der Waals surface area (Å²) in [6.07, 6.45) is 2.52. The summed E-state index contributed by atoms with van der Waals surface area (Å²) in [4.78, 5) is 6.20. The normalized spacial score (nSPS) is 18.9. The van der Waals surface area contributed by atoms with Gasteiger partial charge in [-0.15, -0.1) is 0 Å². The van der Waals surface area contributed by atoms with Crippen molar-refractivity contribution in [3.63, 3.8) is 0 Å². The number of anilines is 1. The third-order valence-electron chi connectivity index (χ3n) is 2.33. The van der Waals surface area contributed by atoms with Gasteiger partial charge in [0.15, 0.2) is 0 Å². The molecular formula is C11H12ClN2O. The molecule has 1 heterocycles. The van der Waals surface area contributed by atoms with E-state index in [1.165, 1.54) is 0 Å². The Morgan fingerprint density at radius 2 is 2.27 bits per heavy atom. The Labute approximate surface area is 94.3 Å². The van der Waals surface area contributed by atoms with Gasteiger partial charge in [0.05, 0.1) is 0 Å². The van der Waals surface area contributed by atoms with Crippen LogP contribution in [0.4, 0.5) is 5.69 Å². The molecule has 1 unspecified atom stereocenters. The Morgan fingerprint density at radius 1 is 1.53 bits per heavy atom. The van der Waals surface area contributed by atoms with Gasteiger partial charge >= 0.3 is 0 Å². The van der Waals surface area contributed by atoms with E-state index in [2.05, 4.69) is 16.3 Å². The van der Waals surface area contributed by atoms with Crippen molar-refractivity contribution in [3.8, 4) is 0 Å². The topological polar surface area (TPSA) is 24.8 Å². The number of nitrogens with zero attached hydrogens (tertiary/aromatic N) is 2. The summed E-state index contributed by atoms with van der Waals surface area (Å²) in [6.45, 7) is 1.45. The molecule has 79 valence electrons. The summed E-state index contributed by atoms with van der Waals surface area (Å²) in [5.74, 6) is 0. The van der Waals surface area contributed by atoms with Gasteiger partial charge < -0.3 is 9.64 Å². The maximum absolute atomic E-state index is 5.82. The fraction of sp³-hybridized carbons (Fsp3) is 0.364. The number of halogens is 1. The molecule has 1 aliphatic heterocycles. The minimum Gasteiger partial charge on any atom is -0.472 e. The first kappa shape index (κ1) is 10.3. The number of aliphatic imine (C=N–C) groups is 1. The highest BCUT2D eigenvalue weighted by Crippen LogP contribution is 2.17. The summed E-state index contributed by atoms with van der Waals surface area (Å²) < 4.78 is 4.95. The molecule has 1 aromatic rings. The first-order chi connectivity index (χ1) is 7.25. The van der Waals surface area contributed by atoms with Crippen LogP contribution in [-0.2, 0) is 4.74 Å². The summed E-state index contributed by atoms with van der Waals surface area (Å²) in [6, 6.07) is 7.93. The van der Waals surface area contributed by atoms with Gasteiger partial charge in [0.2, 0.25) is 0 Å². The zero-order valence-electron chi connectivity index (χ0n) is 8.48. The van der Waals surface area contributed by atoms with Crippen molar-refractivity contribution in [2.75, 3.05) is 25.1 Å². The molecule has 0 fully saturated rings. The SMILES string of the molecule is CN(CC1CO[C]=N1)c1ccc(Cl)cc1. The van der Waals surface area contributed by atoms with E-state index in [4.69, 9.17) is 16.3 Å². The number of rotatable bonds is 3.